The van der Waals surface area contributed by atoms with Crippen molar-refractivity contribution in [3.8, 4) is 0 Å². The Morgan fingerprint density at radius 3 is 2.20 bits per heavy atom. The van der Waals surface area contributed by atoms with E-state index in [0.717, 1.165) is 0 Å². The van der Waals surface area contributed by atoms with E-state index in [0.29, 0.717) is 11.8 Å². The van der Waals surface area contributed by atoms with Crippen molar-refractivity contribution in [3.05, 3.63) is 51.7 Å². The summed E-state index contributed by atoms with van der Waals surface area (Å²) >= 11 is 3.71. The zero-order chi connectivity index (χ0) is 14.8. The third-order valence-corrected chi connectivity index (χ3v) is 5.83. The van der Waals surface area contributed by atoms with Crippen LogP contribution in [-0.4, -0.2) is 6.54 Å². The fourth-order valence-corrected chi connectivity index (χ4v) is 4.12. The molecule has 0 amide bonds. The molecule has 0 spiro atoms. The summed E-state index contributed by atoms with van der Waals surface area (Å²) in [6.07, 6.45) is 0. The van der Waals surface area contributed by atoms with Gasteiger partial charge < -0.3 is 5.73 Å². The summed E-state index contributed by atoms with van der Waals surface area (Å²) in [5, 5.41) is 0.356. The maximum absolute atomic E-state index is 5.95. The number of hydrogen-bond acceptors (Lipinski definition) is 3. The molecule has 0 bridgehead atoms. The van der Waals surface area contributed by atoms with Crippen LogP contribution in [0.3, 0.4) is 0 Å². The quantitative estimate of drug-likeness (QED) is 0.791. The molecule has 0 radical (unpaired) electrons. The molecule has 108 valence electrons. The summed E-state index contributed by atoms with van der Waals surface area (Å²) in [5.41, 5.74) is 7.53. The Hall–Kier alpha value is -0.770. The van der Waals surface area contributed by atoms with E-state index in [1.807, 2.05) is 23.1 Å². The molecule has 0 aliphatic heterocycles. The standard InChI is InChI=1S/C17H23NS2/c1-12-5-10-15(19-12)16(11-18)20-14-8-6-13(7-9-14)17(2,3)4/h5-10,16H,11,18H2,1-4H3. The molecule has 1 atom stereocenters. The van der Waals surface area contributed by atoms with Gasteiger partial charge in [-0.05, 0) is 42.2 Å². The van der Waals surface area contributed by atoms with Gasteiger partial charge >= 0.3 is 0 Å². The smallest absolute Gasteiger partial charge is 0.0560 e. The van der Waals surface area contributed by atoms with Crippen LogP contribution in [0.25, 0.3) is 0 Å². The third kappa shape index (κ3) is 3.87. The summed E-state index contributed by atoms with van der Waals surface area (Å²) in [5.74, 6) is 0. The number of nitrogens with two attached hydrogens (primary N) is 1. The van der Waals surface area contributed by atoms with Gasteiger partial charge in [-0.3, -0.25) is 0 Å². The van der Waals surface area contributed by atoms with E-state index in [4.69, 9.17) is 5.73 Å². The van der Waals surface area contributed by atoms with E-state index in [9.17, 15) is 0 Å². The van der Waals surface area contributed by atoms with Crippen molar-refractivity contribution in [1.29, 1.82) is 0 Å². The highest BCUT2D eigenvalue weighted by Crippen LogP contribution is 2.38. The first-order chi connectivity index (χ1) is 9.40. The Bertz CT molecular complexity index is 549. The van der Waals surface area contributed by atoms with Crippen molar-refractivity contribution in [2.45, 2.75) is 43.3 Å². The number of hydrogen-bond donors (Lipinski definition) is 1. The maximum Gasteiger partial charge on any atom is 0.0560 e. The second kappa shape index (κ2) is 6.33. The van der Waals surface area contributed by atoms with Crippen molar-refractivity contribution < 1.29 is 0 Å². The lowest BCUT2D eigenvalue weighted by Crippen LogP contribution is -2.10. The van der Waals surface area contributed by atoms with E-state index in [2.05, 4.69) is 64.1 Å². The fraction of sp³-hybridized carbons (Fsp3) is 0.412. The van der Waals surface area contributed by atoms with E-state index < -0.39 is 0 Å². The molecule has 1 unspecified atom stereocenters. The minimum absolute atomic E-state index is 0.210. The molecule has 0 saturated heterocycles. The molecule has 1 aromatic heterocycles. The summed E-state index contributed by atoms with van der Waals surface area (Å²) < 4.78 is 0. The lowest BCUT2D eigenvalue weighted by molar-refractivity contribution is 0.590. The number of benzene rings is 1. The molecule has 0 aliphatic carbocycles. The van der Waals surface area contributed by atoms with Crippen LogP contribution >= 0.6 is 23.1 Å². The molecule has 0 aliphatic rings. The lowest BCUT2D eigenvalue weighted by atomic mass is 9.87. The van der Waals surface area contributed by atoms with Crippen molar-refractivity contribution in [2.75, 3.05) is 6.54 Å². The molecule has 3 heteroatoms. The molecule has 1 nitrogen and oxygen atoms in total. The Kier molecular flexibility index (Phi) is 4.95. The third-order valence-electron chi connectivity index (χ3n) is 3.29. The Morgan fingerprint density at radius 2 is 1.75 bits per heavy atom. The van der Waals surface area contributed by atoms with E-state index in [1.165, 1.54) is 20.2 Å². The lowest BCUT2D eigenvalue weighted by Gasteiger charge is -2.19. The molecule has 2 rings (SSSR count). The number of thioether (sulfide) groups is 1. The van der Waals surface area contributed by atoms with Crippen LogP contribution in [-0.2, 0) is 5.41 Å². The number of rotatable bonds is 4. The summed E-state index contributed by atoms with van der Waals surface area (Å²) in [4.78, 5) is 4.01. The highest BCUT2D eigenvalue weighted by Gasteiger charge is 2.15. The van der Waals surface area contributed by atoms with Crippen LogP contribution < -0.4 is 5.73 Å². The predicted octanol–water partition coefficient (Wildman–Crippen LogP) is 5.15. The zero-order valence-corrected chi connectivity index (χ0v) is 14.3. The van der Waals surface area contributed by atoms with Crippen molar-refractivity contribution >= 4 is 23.1 Å². The second-order valence-corrected chi connectivity index (χ2v) is 8.66. The van der Waals surface area contributed by atoms with Crippen LogP contribution in [0.4, 0.5) is 0 Å². The van der Waals surface area contributed by atoms with Gasteiger partial charge in [0.25, 0.3) is 0 Å². The fourth-order valence-electron chi connectivity index (χ4n) is 2.05. The van der Waals surface area contributed by atoms with E-state index in [1.54, 1.807) is 0 Å². The Balaban J connectivity index is 2.12. The van der Waals surface area contributed by atoms with Crippen LogP contribution in [0.15, 0.2) is 41.3 Å². The monoisotopic (exact) mass is 305 g/mol. The first-order valence-electron chi connectivity index (χ1n) is 6.94. The van der Waals surface area contributed by atoms with Crippen molar-refractivity contribution in [1.82, 2.24) is 0 Å². The van der Waals surface area contributed by atoms with Crippen LogP contribution in [0.5, 0.6) is 0 Å². The summed E-state index contributed by atoms with van der Waals surface area (Å²) in [6.45, 7) is 9.54. The van der Waals surface area contributed by atoms with E-state index in [-0.39, 0.29) is 5.41 Å². The molecule has 2 N–H and O–H groups in total. The van der Waals surface area contributed by atoms with Gasteiger partial charge in [-0.1, -0.05) is 32.9 Å². The van der Waals surface area contributed by atoms with Gasteiger partial charge in [0.1, 0.15) is 0 Å². The highest BCUT2D eigenvalue weighted by atomic mass is 32.2. The average molecular weight is 306 g/mol. The van der Waals surface area contributed by atoms with Gasteiger partial charge in [0.2, 0.25) is 0 Å². The minimum atomic E-state index is 0.210. The first-order valence-corrected chi connectivity index (χ1v) is 8.63. The highest BCUT2D eigenvalue weighted by molar-refractivity contribution is 7.99. The van der Waals surface area contributed by atoms with Gasteiger partial charge in [0.15, 0.2) is 0 Å². The molecule has 0 saturated carbocycles. The first kappa shape index (κ1) is 15.6. The number of aryl methyl sites for hydroxylation is 1. The number of thiophene rings is 1. The predicted molar refractivity (Wildman–Crippen MR) is 91.9 cm³/mol. The maximum atomic E-state index is 5.95. The average Bonchev–Trinajstić information content (AvgIpc) is 2.82. The van der Waals surface area contributed by atoms with Gasteiger partial charge in [-0.2, -0.15) is 0 Å². The van der Waals surface area contributed by atoms with Crippen LogP contribution in [0.2, 0.25) is 0 Å². The topological polar surface area (TPSA) is 26.0 Å². The normalized spacial score (nSPS) is 13.4. The molecule has 20 heavy (non-hydrogen) atoms. The van der Waals surface area contributed by atoms with Gasteiger partial charge in [0.05, 0.1) is 5.25 Å². The van der Waals surface area contributed by atoms with Crippen LogP contribution in [0.1, 0.15) is 41.3 Å². The molecular formula is C17H23NS2. The molecule has 1 heterocycles. The van der Waals surface area contributed by atoms with Crippen molar-refractivity contribution in [2.24, 2.45) is 5.73 Å². The van der Waals surface area contributed by atoms with Gasteiger partial charge in [0, 0.05) is 21.2 Å². The largest absolute Gasteiger partial charge is 0.329 e. The molecule has 2 aromatic rings. The molecular weight excluding hydrogens is 282 g/mol. The Morgan fingerprint density at radius 1 is 1.10 bits per heavy atom. The molecule has 0 fully saturated rings. The SMILES string of the molecule is Cc1ccc(C(CN)Sc2ccc(C(C)(C)C)cc2)s1. The zero-order valence-electron chi connectivity index (χ0n) is 12.6. The van der Waals surface area contributed by atoms with Gasteiger partial charge in [-0.25, -0.2) is 0 Å². The summed E-state index contributed by atoms with van der Waals surface area (Å²) in [6, 6.07) is 13.3. The van der Waals surface area contributed by atoms with Crippen molar-refractivity contribution in [3.63, 3.8) is 0 Å². The van der Waals surface area contributed by atoms with E-state index >= 15 is 0 Å². The minimum Gasteiger partial charge on any atom is -0.329 e. The van der Waals surface area contributed by atoms with Gasteiger partial charge in [-0.15, -0.1) is 23.1 Å². The molecule has 1 aromatic carbocycles. The summed E-state index contributed by atoms with van der Waals surface area (Å²) in [7, 11) is 0. The Labute approximate surface area is 130 Å². The van der Waals surface area contributed by atoms with Crippen LogP contribution in [0, 0.1) is 6.92 Å². The second-order valence-electron chi connectivity index (χ2n) is 6.06.